The first-order valence-electron chi connectivity index (χ1n) is 12.6. The van der Waals surface area contributed by atoms with Crippen molar-refractivity contribution in [1.29, 1.82) is 5.26 Å². The van der Waals surface area contributed by atoms with E-state index in [1.165, 1.54) is 30.5 Å². The summed E-state index contributed by atoms with van der Waals surface area (Å²) in [5.41, 5.74) is 3.27. The van der Waals surface area contributed by atoms with Crippen LogP contribution in [0.25, 0.3) is 10.8 Å². The van der Waals surface area contributed by atoms with E-state index in [-0.39, 0.29) is 16.8 Å². The topological polar surface area (TPSA) is 75.5 Å². The maximum Gasteiger partial charge on any atom is 0.256 e. The number of fused-ring (bicyclic) bond motifs is 1. The largest absolute Gasteiger partial charge is 0.369 e. The Balaban J connectivity index is 1.23. The van der Waals surface area contributed by atoms with Crippen LogP contribution in [0.1, 0.15) is 23.2 Å². The molecule has 1 saturated heterocycles. The number of aryl methyl sites for hydroxylation is 1. The molecule has 1 aliphatic rings. The molecule has 0 spiro atoms. The lowest BCUT2D eigenvalue weighted by molar-refractivity contribution is 0.255. The van der Waals surface area contributed by atoms with Crippen LogP contribution in [-0.2, 0) is 6.42 Å². The highest BCUT2D eigenvalue weighted by Crippen LogP contribution is 2.26. The number of aromatic nitrogens is 1. The SMILES string of the molecule is N#Cc1ccc(N2CCN(CCCc3cc4c(/N=C/c5ccc(F)cc5)cc(F)cc4c(=O)[nH]3)CC2)cc1. The first-order chi connectivity index (χ1) is 18.5. The summed E-state index contributed by atoms with van der Waals surface area (Å²) in [6, 6.07) is 20.1. The number of halogens is 2. The lowest BCUT2D eigenvalue weighted by Crippen LogP contribution is -2.46. The maximum absolute atomic E-state index is 14.2. The van der Waals surface area contributed by atoms with Gasteiger partial charge in [0, 0.05) is 55.2 Å². The van der Waals surface area contributed by atoms with Gasteiger partial charge in [-0.15, -0.1) is 0 Å². The van der Waals surface area contributed by atoms with E-state index in [1.54, 1.807) is 12.1 Å². The zero-order chi connectivity index (χ0) is 26.5. The highest BCUT2D eigenvalue weighted by Gasteiger charge is 2.17. The molecule has 0 aliphatic carbocycles. The Hall–Kier alpha value is -4.35. The average Bonchev–Trinajstić information content (AvgIpc) is 2.93. The van der Waals surface area contributed by atoms with Crippen LogP contribution in [0.3, 0.4) is 0 Å². The molecule has 6 nitrogen and oxygen atoms in total. The number of hydrogen-bond acceptors (Lipinski definition) is 5. The number of anilines is 1. The monoisotopic (exact) mass is 511 g/mol. The fourth-order valence-corrected chi connectivity index (χ4v) is 4.77. The minimum Gasteiger partial charge on any atom is -0.369 e. The van der Waals surface area contributed by atoms with Crippen LogP contribution in [0.4, 0.5) is 20.2 Å². The van der Waals surface area contributed by atoms with E-state index in [4.69, 9.17) is 5.26 Å². The second-order valence-corrected chi connectivity index (χ2v) is 9.41. The summed E-state index contributed by atoms with van der Waals surface area (Å²) in [6.07, 6.45) is 3.08. The Morgan fingerprint density at radius 1 is 0.921 bits per heavy atom. The van der Waals surface area contributed by atoms with E-state index in [0.717, 1.165) is 50.5 Å². The van der Waals surface area contributed by atoms with Crippen LogP contribution in [0, 0.1) is 23.0 Å². The first kappa shape index (κ1) is 25.3. The van der Waals surface area contributed by atoms with Gasteiger partial charge in [-0.25, -0.2) is 8.78 Å². The normalized spacial score (nSPS) is 14.3. The summed E-state index contributed by atoms with van der Waals surface area (Å²) in [4.78, 5) is 24.8. The van der Waals surface area contributed by atoms with Gasteiger partial charge in [-0.3, -0.25) is 14.7 Å². The number of benzene rings is 3. The van der Waals surface area contributed by atoms with Crippen molar-refractivity contribution in [2.75, 3.05) is 37.6 Å². The lowest BCUT2D eigenvalue weighted by atomic mass is 10.1. The van der Waals surface area contributed by atoms with Crippen LogP contribution < -0.4 is 10.5 Å². The van der Waals surface area contributed by atoms with Crippen LogP contribution in [0.15, 0.2) is 76.5 Å². The van der Waals surface area contributed by atoms with Gasteiger partial charge in [0.15, 0.2) is 0 Å². The summed E-state index contributed by atoms with van der Waals surface area (Å²) in [5.74, 6) is -0.884. The number of H-pyrrole nitrogens is 1. The Kier molecular flexibility index (Phi) is 7.57. The molecule has 1 aliphatic heterocycles. The second kappa shape index (κ2) is 11.4. The molecule has 0 unspecified atom stereocenters. The van der Waals surface area contributed by atoms with E-state index in [2.05, 4.69) is 25.8 Å². The molecule has 2 heterocycles. The number of aliphatic imine (C=N–C) groups is 1. The van der Waals surface area contributed by atoms with E-state index in [9.17, 15) is 13.6 Å². The third-order valence-corrected chi connectivity index (χ3v) is 6.84. The molecule has 192 valence electrons. The quantitative estimate of drug-likeness (QED) is 0.347. The summed E-state index contributed by atoms with van der Waals surface area (Å²) in [5, 5.41) is 9.82. The average molecular weight is 512 g/mol. The van der Waals surface area contributed by atoms with Gasteiger partial charge in [-0.05, 0) is 73.5 Å². The molecule has 5 rings (SSSR count). The van der Waals surface area contributed by atoms with Gasteiger partial charge in [-0.1, -0.05) is 12.1 Å². The molecule has 8 heteroatoms. The predicted octanol–water partition coefficient (Wildman–Crippen LogP) is 5.18. The third kappa shape index (κ3) is 5.96. The summed E-state index contributed by atoms with van der Waals surface area (Å²) >= 11 is 0. The fourth-order valence-electron chi connectivity index (χ4n) is 4.77. The Labute approximate surface area is 219 Å². The van der Waals surface area contributed by atoms with Gasteiger partial charge < -0.3 is 9.88 Å². The molecule has 38 heavy (non-hydrogen) atoms. The molecule has 1 N–H and O–H groups in total. The molecule has 1 aromatic heterocycles. The van der Waals surface area contributed by atoms with Gasteiger partial charge in [0.05, 0.1) is 22.7 Å². The van der Waals surface area contributed by atoms with Gasteiger partial charge in [0.1, 0.15) is 11.6 Å². The number of pyridine rings is 1. The molecular weight excluding hydrogens is 484 g/mol. The molecule has 0 atom stereocenters. The van der Waals surface area contributed by atoms with Crippen LogP contribution in [0.5, 0.6) is 0 Å². The van der Waals surface area contributed by atoms with Crippen molar-refractivity contribution < 1.29 is 8.78 Å². The van der Waals surface area contributed by atoms with E-state index in [0.29, 0.717) is 28.6 Å². The van der Waals surface area contributed by atoms with Crippen molar-refractivity contribution in [2.24, 2.45) is 4.99 Å². The van der Waals surface area contributed by atoms with E-state index >= 15 is 0 Å². The van der Waals surface area contributed by atoms with Crippen molar-refractivity contribution in [3.8, 4) is 6.07 Å². The lowest BCUT2D eigenvalue weighted by Gasteiger charge is -2.36. The Bertz CT molecular complexity index is 1550. The molecule has 1 fully saturated rings. The van der Waals surface area contributed by atoms with E-state index < -0.39 is 5.82 Å². The van der Waals surface area contributed by atoms with Gasteiger partial charge in [0.2, 0.25) is 0 Å². The van der Waals surface area contributed by atoms with Gasteiger partial charge >= 0.3 is 0 Å². The standard InChI is InChI=1S/C30H27F2N5O/c31-23-7-3-22(4-8-23)20-34-29-17-24(32)16-28-27(29)18-25(35-30(28)38)2-1-11-36-12-14-37(15-13-36)26-9-5-21(19-33)6-10-26/h3-10,16-18,20H,1-2,11-15H2,(H,35,38)/b34-20+. The summed E-state index contributed by atoms with van der Waals surface area (Å²) < 4.78 is 27.4. The minimum atomic E-state index is -0.540. The zero-order valence-electron chi connectivity index (χ0n) is 20.8. The summed E-state index contributed by atoms with van der Waals surface area (Å²) in [7, 11) is 0. The van der Waals surface area contributed by atoms with Gasteiger partial charge in [-0.2, -0.15) is 5.26 Å². The smallest absolute Gasteiger partial charge is 0.256 e. The van der Waals surface area contributed by atoms with Crippen molar-refractivity contribution in [3.05, 3.63) is 106 Å². The van der Waals surface area contributed by atoms with Crippen molar-refractivity contribution in [3.63, 3.8) is 0 Å². The van der Waals surface area contributed by atoms with Gasteiger partial charge in [0.25, 0.3) is 5.56 Å². The van der Waals surface area contributed by atoms with Crippen LogP contribution in [0.2, 0.25) is 0 Å². The van der Waals surface area contributed by atoms with E-state index in [1.807, 2.05) is 30.3 Å². The maximum atomic E-state index is 14.2. The number of aromatic amines is 1. The zero-order valence-corrected chi connectivity index (χ0v) is 20.8. The molecule has 3 aromatic carbocycles. The fraction of sp³-hybridized carbons (Fsp3) is 0.233. The highest BCUT2D eigenvalue weighted by atomic mass is 19.1. The number of nitrogens with one attached hydrogen (secondary N) is 1. The number of hydrogen-bond donors (Lipinski definition) is 1. The van der Waals surface area contributed by atoms with Crippen LogP contribution in [-0.4, -0.2) is 48.8 Å². The van der Waals surface area contributed by atoms with Crippen molar-refractivity contribution >= 4 is 28.4 Å². The second-order valence-electron chi connectivity index (χ2n) is 9.41. The number of piperazine rings is 1. The van der Waals surface area contributed by atoms with Crippen molar-refractivity contribution in [2.45, 2.75) is 12.8 Å². The van der Waals surface area contributed by atoms with Crippen molar-refractivity contribution in [1.82, 2.24) is 9.88 Å². The first-order valence-corrected chi connectivity index (χ1v) is 12.6. The molecule has 0 amide bonds. The van der Waals surface area contributed by atoms with Crippen LogP contribution >= 0.6 is 0 Å². The number of nitrogens with zero attached hydrogens (tertiary/aromatic N) is 4. The Morgan fingerprint density at radius 3 is 2.37 bits per heavy atom. The molecule has 0 bridgehead atoms. The number of nitriles is 1. The molecule has 4 aromatic rings. The summed E-state index contributed by atoms with van der Waals surface area (Å²) in [6.45, 7) is 4.62. The predicted molar refractivity (Wildman–Crippen MR) is 146 cm³/mol. The molecule has 0 saturated carbocycles. The molecule has 0 radical (unpaired) electrons. The molecular formula is C30H27F2N5O. The highest BCUT2D eigenvalue weighted by molar-refractivity contribution is 5.95. The Morgan fingerprint density at radius 2 is 1.66 bits per heavy atom. The number of rotatable bonds is 7. The minimum absolute atomic E-state index is 0.249. The third-order valence-electron chi connectivity index (χ3n) is 6.84.